The minimum Gasteiger partial charge on any atom is -0.345 e. The summed E-state index contributed by atoms with van der Waals surface area (Å²) in [7, 11) is 0. The molecule has 1 N–H and O–H groups in total. The number of fused-ring (bicyclic) bond motifs is 1. The van der Waals surface area contributed by atoms with Gasteiger partial charge in [-0.1, -0.05) is 41.4 Å². The minimum atomic E-state index is -0.183. The molecule has 0 bridgehead atoms. The first-order chi connectivity index (χ1) is 11.0. The molecule has 23 heavy (non-hydrogen) atoms. The van der Waals surface area contributed by atoms with Gasteiger partial charge in [-0.2, -0.15) is 0 Å². The Labute approximate surface area is 146 Å². The monoisotopic (exact) mass is 347 g/mol. The third-order valence-corrected chi connectivity index (χ3v) is 4.94. The summed E-state index contributed by atoms with van der Waals surface area (Å²) in [5.41, 5.74) is 4.43. The van der Waals surface area contributed by atoms with Crippen LogP contribution in [0.3, 0.4) is 0 Å². The molecule has 0 fully saturated rings. The Morgan fingerprint density at radius 3 is 2.52 bits per heavy atom. The number of halogens is 2. The Hall–Kier alpha value is -1.51. The standard InChI is InChI=1S/C19H19Cl2NO/c1-12(14-7-6-13-4-2-3-5-15(13)10-14)22-19(23)17-9-8-16(20)11-18(17)21/h6-12H,2-5H2,1H3,(H,22,23)/t12-/m0/s1. The van der Waals surface area contributed by atoms with Crippen LogP contribution in [-0.2, 0) is 12.8 Å². The fourth-order valence-corrected chi connectivity index (χ4v) is 3.55. The molecule has 1 amide bonds. The average molecular weight is 348 g/mol. The van der Waals surface area contributed by atoms with Crippen LogP contribution in [0.5, 0.6) is 0 Å². The van der Waals surface area contributed by atoms with Crippen molar-refractivity contribution >= 4 is 29.1 Å². The topological polar surface area (TPSA) is 29.1 Å². The Bertz CT molecular complexity index is 742. The normalized spacial score (nSPS) is 14.9. The number of hydrogen-bond acceptors (Lipinski definition) is 1. The number of nitrogens with one attached hydrogen (secondary N) is 1. The Morgan fingerprint density at radius 1 is 1.04 bits per heavy atom. The van der Waals surface area contributed by atoms with E-state index in [1.54, 1.807) is 18.2 Å². The van der Waals surface area contributed by atoms with Gasteiger partial charge in [0.15, 0.2) is 0 Å². The van der Waals surface area contributed by atoms with Gasteiger partial charge in [0.05, 0.1) is 16.6 Å². The molecular weight excluding hydrogens is 329 g/mol. The van der Waals surface area contributed by atoms with Gasteiger partial charge in [0.25, 0.3) is 5.91 Å². The fourth-order valence-electron chi connectivity index (χ4n) is 3.05. The maximum absolute atomic E-state index is 12.4. The van der Waals surface area contributed by atoms with Crippen molar-refractivity contribution in [2.45, 2.75) is 38.6 Å². The van der Waals surface area contributed by atoms with Crippen LogP contribution in [0.25, 0.3) is 0 Å². The van der Waals surface area contributed by atoms with E-state index in [-0.39, 0.29) is 11.9 Å². The lowest BCUT2D eigenvalue weighted by molar-refractivity contribution is 0.0940. The van der Waals surface area contributed by atoms with Crippen molar-refractivity contribution in [2.75, 3.05) is 0 Å². The third-order valence-electron chi connectivity index (χ3n) is 4.40. The Kier molecular flexibility index (Phi) is 4.93. The molecule has 2 aromatic carbocycles. The van der Waals surface area contributed by atoms with Crippen LogP contribution in [0.15, 0.2) is 36.4 Å². The number of aryl methyl sites for hydroxylation is 2. The lowest BCUT2D eigenvalue weighted by atomic mass is 9.89. The molecule has 0 saturated heterocycles. The third kappa shape index (κ3) is 3.70. The van der Waals surface area contributed by atoms with Crippen LogP contribution >= 0.6 is 23.2 Å². The van der Waals surface area contributed by atoms with Crippen LogP contribution in [-0.4, -0.2) is 5.91 Å². The molecule has 0 unspecified atom stereocenters. The molecule has 1 atom stereocenters. The van der Waals surface area contributed by atoms with Gasteiger partial charge >= 0.3 is 0 Å². The summed E-state index contributed by atoms with van der Waals surface area (Å²) in [6.07, 6.45) is 4.81. The summed E-state index contributed by atoms with van der Waals surface area (Å²) < 4.78 is 0. The van der Waals surface area contributed by atoms with Crippen molar-refractivity contribution in [3.8, 4) is 0 Å². The highest BCUT2D eigenvalue weighted by atomic mass is 35.5. The first-order valence-corrected chi connectivity index (χ1v) is 8.68. The first-order valence-electron chi connectivity index (χ1n) is 7.92. The zero-order valence-electron chi connectivity index (χ0n) is 13.0. The van der Waals surface area contributed by atoms with E-state index in [9.17, 15) is 4.79 Å². The lowest BCUT2D eigenvalue weighted by Crippen LogP contribution is -2.27. The summed E-state index contributed by atoms with van der Waals surface area (Å²) in [5.74, 6) is -0.183. The van der Waals surface area contributed by atoms with Gasteiger partial charge in [-0.15, -0.1) is 0 Å². The average Bonchev–Trinajstić information content (AvgIpc) is 2.54. The molecule has 0 spiro atoms. The zero-order chi connectivity index (χ0) is 16.4. The molecule has 1 aliphatic carbocycles. The van der Waals surface area contributed by atoms with E-state index in [4.69, 9.17) is 23.2 Å². The van der Waals surface area contributed by atoms with E-state index >= 15 is 0 Å². The predicted molar refractivity (Wildman–Crippen MR) is 95.4 cm³/mol. The van der Waals surface area contributed by atoms with Crippen molar-refractivity contribution in [3.63, 3.8) is 0 Å². The quantitative estimate of drug-likeness (QED) is 0.795. The van der Waals surface area contributed by atoms with Crippen LogP contribution in [0.4, 0.5) is 0 Å². The second-order valence-electron chi connectivity index (χ2n) is 6.05. The largest absolute Gasteiger partial charge is 0.345 e. The van der Waals surface area contributed by atoms with Gasteiger partial charge in [-0.25, -0.2) is 0 Å². The summed E-state index contributed by atoms with van der Waals surface area (Å²) in [4.78, 5) is 12.4. The van der Waals surface area contributed by atoms with Gasteiger partial charge in [-0.3, -0.25) is 4.79 Å². The maximum atomic E-state index is 12.4. The smallest absolute Gasteiger partial charge is 0.253 e. The summed E-state index contributed by atoms with van der Waals surface area (Å²) in [5, 5.41) is 3.90. The predicted octanol–water partition coefficient (Wildman–Crippen LogP) is 5.36. The summed E-state index contributed by atoms with van der Waals surface area (Å²) >= 11 is 12.0. The molecular formula is C19H19Cl2NO. The van der Waals surface area contributed by atoms with Crippen LogP contribution in [0.1, 0.15) is 52.9 Å². The molecule has 4 heteroatoms. The number of rotatable bonds is 3. The van der Waals surface area contributed by atoms with Gasteiger partial charge in [0, 0.05) is 5.02 Å². The van der Waals surface area contributed by atoms with Crippen molar-refractivity contribution in [2.24, 2.45) is 0 Å². The van der Waals surface area contributed by atoms with Crippen molar-refractivity contribution in [3.05, 3.63) is 68.7 Å². The van der Waals surface area contributed by atoms with Crippen LogP contribution < -0.4 is 5.32 Å². The fraction of sp³-hybridized carbons (Fsp3) is 0.316. The maximum Gasteiger partial charge on any atom is 0.253 e. The second kappa shape index (κ2) is 6.94. The van der Waals surface area contributed by atoms with Crippen LogP contribution in [0, 0.1) is 0 Å². The number of carbonyl (C=O) groups excluding carboxylic acids is 1. The van der Waals surface area contributed by atoms with Gasteiger partial charge in [-0.05, 0) is 67.5 Å². The van der Waals surface area contributed by atoms with Gasteiger partial charge in [0.2, 0.25) is 0 Å². The Morgan fingerprint density at radius 2 is 1.78 bits per heavy atom. The van der Waals surface area contributed by atoms with Crippen molar-refractivity contribution in [1.82, 2.24) is 5.32 Å². The molecule has 2 nitrogen and oxygen atoms in total. The molecule has 0 heterocycles. The molecule has 0 saturated carbocycles. The SMILES string of the molecule is C[C@H](NC(=O)c1ccc(Cl)cc1Cl)c1ccc2c(c1)CCCC2. The van der Waals surface area contributed by atoms with Gasteiger partial charge in [0.1, 0.15) is 0 Å². The summed E-state index contributed by atoms with van der Waals surface area (Å²) in [6, 6.07) is 11.4. The number of hydrogen-bond donors (Lipinski definition) is 1. The number of amides is 1. The Balaban J connectivity index is 1.76. The lowest BCUT2D eigenvalue weighted by Gasteiger charge is -2.20. The second-order valence-corrected chi connectivity index (χ2v) is 6.90. The van der Waals surface area contributed by atoms with E-state index in [1.807, 2.05) is 6.92 Å². The molecule has 120 valence electrons. The molecule has 2 aromatic rings. The highest BCUT2D eigenvalue weighted by Gasteiger charge is 2.16. The van der Waals surface area contributed by atoms with E-state index < -0.39 is 0 Å². The molecule has 1 aliphatic rings. The molecule has 3 rings (SSSR count). The zero-order valence-corrected chi connectivity index (χ0v) is 14.5. The van der Waals surface area contributed by atoms with Crippen LogP contribution in [0.2, 0.25) is 10.0 Å². The first kappa shape index (κ1) is 16.4. The number of benzene rings is 2. The van der Waals surface area contributed by atoms with Gasteiger partial charge < -0.3 is 5.32 Å². The van der Waals surface area contributed by atoms with Crippen molar-refractivity contribution < 1.29 is 4.79 Å². The number of carbonyl (C=O) groups is 1. The molecule has 0 aliphatic heterocycles. The van der Waals surface area contributed by atoms with Crippen molar-refractivity contribution in [1.29, 1.82) is 0 Å². The minimum absolute atomic E-state index is 0.0681. The van der Waals surface area contributed by atoms with E-state index in [1.165, 1.54) is 24.0 Å². The molecule has 0 radical (unpaired) electrons. The highest BCUT2D eigenvalue weighted by molar-refractivity contribution is 6.36. The van der Waals surface area contributed by atoms with E-state index in [2.05, 4.69) is 23.5 Å². The van der Waals surface area contributed by atoms with E-state index in [0.29, 0.717) is 15.6 Å². The highest BCUT2D eigenvalue weighted by Crippen LogP contribution is 2.26. The van der Waals surface area contributed by atoms with E-state index in [0.717, 1.165) is 18.4 Å². The summed E-state index contributed by atoms with van der Waals surface area (Å²) in [6.45, 7) is 1.99. The molecule has 0 aromatic heterocycles.